The second-order valence-corrected chi connectivity index (χ2v) is 7.74. The van der Waals surface area contributed by atoms with E-state index in [9.17, 15) is 4.79 Å². The minimum atomic E-state index is 0.159. The van der Waals surface area contributed by atoms with E-state index < -0.39 is 0 Å². The van der Waals surface area contributed by atoms with E-state index >= 15 is 0 Å². The van der Waals surface area contributed by atoms with E-state index in [1.165, 1.54) is 6.42 Å². The van der Waals surface area contributed by atoms with Crippen LogP contribution in [0.1, 0.15) is 23.2 Å². The minimum Gasteiger partial charge on any atom is -0.338 e. The van der Waals surface area contributed by atoms with Crippen molar-refractivity contribution in [1.82, 2.24) is 19.7 Å². The van der Waals surface area contributed by atoms with Gasteiger partial charge in [0.15, 0.2) is 0 Å². The van der Waals surface area contributed by atoms with E-state index in [1.54, 1.807) is 6.20 Å². The Balaban J connectivity index is 1.44. The van der Waals surface area contributed by atoms with Crippen LogP contribution >= 0.6 is 0 Å². The zero-order chi connectivity index (χ0) is 17.9. The van der Waals surface area contributed by atoms with Crippen molar-refractivity contribution >= 4 is 16.8 Å². The summed E-state index contributed by atoms with van der Waals surface area (Å²) in [6.45, 7) is 7.47. The minimum absolute atomic E-state index is 0.159. The van der Waals surface area contributed by atoms with Gasteiger partial charge in [-0.3, -0.25) is 9.78 Å². The first kappa shape index (κ1) is 17.4. The Morgan fingerprint density at radius 3 is 2.77 bits per heavy atom. The number of hydrogen-bond acceptors (Lipinski definition) is 4. The molecule has 1 atom stereocenters. The summed E-state index contributed by atoms with van der Waals surface area (Å²) in [5.74, 6) is 0.746. The average molecular weight is 352 g/mol. The summed E-state index contributed by atoms with van der Waals surface area (Å²) in [6.07, 6.45) is 4.08. The molecule has 2 saturated heterocycles. The molecule has 2 aromatic rings. The number of carbonyl (C=O) groups is 1. The molecule has 0 aliphatic carbocycles. The highest BCUT2D eigenvalue weighted by Crippen LogP contribution is 2.23. The Kier molecular flexibility index (Phi) is 5.18. The summed E-state index contributed by atoms with van der Waals surface area (Å²) in [4.78, 5) is 24.6. The molecule has 3 heterocycles. The van der Waals surface area contributed by atoms with E-state index in [-0.39, 0.29) is 5.91 Å². The van der Waals surface area contributed by atoms with Gasteiger partial charge in [0.25, 0.3) is 5.91 Å². The quantitative estimate of drug-likeness (QED) is 0.850. The van der Waals surface area contributed by atoms with Gasteiger partial charge in [0.2, 0.25) is 0 Å². The van der Waals surface area contributed by atoms with E-state index in [0.717, 1.165) is 68.7 Å². The van der Waals surface area contributed by atoms with Crippen LogP contribution < -0.4 is 0 Å². The number of amides is 1. The molecular weight excluding hydrogens is 324 g/mol. The number of fused-ring (bicyclic) bond motifs is 1. The third-order valence-corrected chi connectivity index (χ3v) is 5.80. The highest BCUT2D eigenvalue weighted by Gasteiger charge is 2.27. The number of piperidine rings is 1. The van der Waals surface area contributed by atoms with Crippen molar-refractivity contribution in [2.24, 2.45) is 5.92 Å². The van der Waals surface area contributed by atoms with Crippen molar-refractivity contribution in [2.75, 3.05) is 52.9 Å². The molecule has 5 heteroatoms. The Bertz CT molecular complexity index is 764. The molecule has 0 bridgehead atoms. The van der Waals surface area contributed by atoms with Crippen molar-refractivity contribution in [3.8, 4) is 0 Å². The number of piperazine rings is 1. The molecule has 5 nitrogen and oxygen atoms in total. The highest BCUT2D eigenvalue weighted by molar-refractivity contribution is 6.05. The maximum atomic E-state index is 13.2. The predicted octanol–water partition coefficient (Wildman–Crippen LogP) is 2.33. The molecule has 1 aromatic heterocycles. The smallest absolute Gasteiger partial charge is 0.254 e. The van der Waals surface area contributed by atoms with Crippen LogP contribution in [0.25, 0.3) is 10.9 Å². The fraction of sp³-hybridized carbons (Fsp3) is 0.524. The van der Waals surface area contributed by atoms with Gasteiger partial charge in [-0.25, -0.2) is 0 Å². The van der Waals surface area contributed by atoms with Crippen molar-refractivity contribution in [2.45, 2.75) is 12.8 Å². The topological polar surface area (TPSA) is 39.7 Å². The fourth-order valence-electron chi connectivity index (χ4n) is 4.25. The SMILES string of the molecule is CN1CCN(CC2CCCN(C(=O)c3ccnc4ccccc34)C2)CC1. The number of carbonyl (C=O) groups excluding carboxylic acids is 1. The van der Waals surface area contributed by atoms with Crippen LogP contribution in [0.5, 0.6) is 0 Å². The van der Waals surface area contributed by atoms with Gasteiger partial charge in [0.05, 0.1) is 11.1 Å². The monoisotopic (exact) mass is 352 g/mol. The molecule has 0 spiro atoms. The first-order chi connectivity index (χ1) is 12.7. The molecule has 0 N–H and O–H groups in total. The molecule has 1 unspecified atom stereocenters. The van der Waals surface area contributed by atoms with Crippen LogP contribution in [0.4, 0.5) is 0 Å². The molecule has 1 amide bonds. The molecule has 0 saturated carbocycles. The maximum absolute atomic E-state index is 13.2. The number of pyridine rings is 1. The second kappa shape index (κ2) is 7.72. The van der Waals surface area contributed by atoms with Gasteiger partial charge < -0.3 is 14.7 Å². The molecule has 0 radical (unpaired) electrons. The fourth-order valence-corrected chi connectivity index (χ4v) is 4.25. The summed E-state index contributed by atoms with van der Waals surface area (Å²) >= 11 is 0. The van der Waals surface area contributed by atoms with Crippen LogP contribution in [0.3, 0.4) is 0 Å². The van der Waals surface area contributed by atoms with Crippen LogP contribution in [0.15, 0.2) is 36.5 Å². The van der Waals surface area contributed by atoms with Crippen LogP contribution in [0, 0.1) is 5.92 Å². The standard InChI is InChI=1S/C21H28N4O/c1-23-11-13-24(14-12-23)15-17-5-4-10-25(16-17)21(26)19-8-9-22-20-7-3-2-6-18(19)20/h2-3,6-9,17H,4-5,10-16H2,1H3. The number of likely N-dealkylation sites (N-methyl/N-ethyl adjacent to an activating group) is 1. The second-order valence-electron chi connectivity index (χ2n) is 7.74. The lowest BCUT2D eigenvalue weighted by molar-refractivity contribution is 0.0611. The van der Waals surface area contributed by atoms with Crippen molar-refractivity contribution in [3.63, 3.8) is 0 Å². The number of aromatic nitrogens is 1. The number of hydrogen-bond donors (Lipinski definition) is 0. The molecule has 4 rings (SSSR count). The van der Waals surface area contributed by atoms with E-state index in [4.69, 9.17) is 0 Å². The van der Waals surface area contributed by atoms with Gasteiger partial charge >= 0.3 is 0 Å². The van der Waals surface area contributed by atoms with E-state index in [1.807, 2.05) is 30.3 Å². The van der Waals surface area contributed by atoms with Gasteiger partial charge in [0, 0.05) is 57.4 Å². The lowest BCUT2D eigenvalue weighted by Gasteiger charge is -2.38. The van der Waals surface area contributed by atoms with Crippen LogP contribution in [0.2, 0.25) is 0 Å². The summed E-state index contributed by atoms with van der Waals surface area (Å²) in [5.41, 5.74) is 1.68. The number of rotatable bonds is 3. The molecule has 1 aromatic carbocycles. The van der Waals surface area contributed by atoms with Gasteiger partial charge in [-0.05, 0) is 37.9 Å². The van der Waals surface area contributed by atoms with Gasteiger partial charge in [0.1, 0.15) is 0 Å². The third kappa shape index (κ3) is 3.74. The summed E-state index contributed by atoms with van der Waals surface area (Å²) < 4.78 is 0. The molecule has 2 aliphatic rings. The van der Waals surface area contributed by atoms with E-state index in [2.05, 4.69) is 26.7 Å². The van der Waals surface area contributed by atoms with Crippen LogP contribution in [-0.4, -0.2) is 78.5 Å². The van der Waals surface area contributed by atoms with Gasteiger partial charge in [-0.1, -0.05) is 18.2 Å². The Morgan fingerprint density at radius 2 is 1.92 bits per heavy atom. The number of nitrogens with zero attached hydrogens (tertiary/aromatic N) is 4. The first-order valence-electron chi connectivity index (χ1n) is 9.74. The Hall–Kier alpha value is -1.98. The van der Waals surface area contributed by atoms with Gasteiger partial charge in [-0.15, -0.1) is 0 Å². The van der Waals surface area contributed by atoms with Gasteiger partial charge in [-0.2, -0.15) is 0 Å². The zero-order valence-corrected chi connectivity index (χ0v) is 15.6. The van der Waals surface area contributed by atoms with Crippen LogP contribution in [-0.2, 0) is 0 Å². The number of benzene rings is 1. The van der Waals surface area contributed by atoms with Crippen molar-refractivity contribution in [3.05, 3.63) is 42.1 Å². The summed E-state index contributed by atoms with van der Waals surface area (Å²) in [7, 11) is 2.19. The number of likely N-dealkylation sites (tertiary alicyclic amines) is 1. The number of para-hydroxylation sites is 1. The predicted molar refractivity (Wildman–Crippen MR) is 104 cm³/mol. The Labute approximate surface area is 155 Å². The first-order valence-corrected chi connectivity index (χ1v) is 9.74. The Morgan fingerprint density at radius 1 is 1.12 bits per heavy atom. The molecular formula is C21H28N4O. The summed E-state index contributed by atoms with van der Waals surface area (Å²) in [6, 6.07) is 9.79. The normalized spacial score (nSPS) is 22.7. The highest BCUT2D eigenvalue weighted by atomic mass is 16.2. The zero-order valence-electron chi connectivity index (χ0n) is 15.6. The van der Waals surface area contributed by atoms with Crippen molar-refractivity contribution < 1.29 is 4.79 Å². The largest absolute Gasteiger partial charge is 0.338 e. The lowest BCUT2D eigenvalue weighted by atomic mass is 9.96. The molecule has 26 heavy (non-hydrogen) atoms. The molecule has 138 valence electrons. The average Bonchev–Trinajstić information content (AvgIpc) is 2.69. The van der Waals surface area contributed by atoms with E-state index in [0.29, 0.717) is 5.92 Å². The summed E-state index contributed by atoms with van der Waals surface area (Å²) in [5, 5.41) is 0.959. The molecule has 2 fully saturated rings. The maximum Gasteiger partial charge on any atom is 0.254 e. The third-order valence-electron chi connectivity index (χ3n) is 5.80. The lowest BCUT2D eigenvalue weighted by Crippen LogP contribution is -2.49. The van der Waals surface area contributed by atoms with Crippen molar-refractivity contribution in [1.29, 1.82) is 0 Å². The molecule has 2 aliphatic heterocycles.